The van der Waals surface area contributed by atoms with Gasteiger partial charge in [-0.05, 0) is 174 Å². The molecule has 3 aromatic heterocycles. The van der Waals surface area contributed by atoms with Gasteiger partial charge in [-0.2, -0.15) is 0 Å². The number of hydrogen-bond donors (Lipinski definition) is 0. The van der Waals surface area contributed by atoms with Gasteiger partial charge < -0.3 is 18.4 Å². The van der Waals surface area contributed by atoms with Crippen LogP contribution < -0.4 is 25.5 Å². The second-order valence-electron chi connectivity index (χ2n) is 27.1. The number of hydrogen-bond acceptors (Lipinski definition) is 1. The fourth-order valence-corrected chi connectivity index (χ4v) is 18.3. The maximum absolute atomic E-state index is 7.00. The van der Waals surface area contributed by atoms with E-state index < -0.39 is 8.07 Å². The third-order valence-corrected chi connectivity index (χ3v) is 22.6. The van der Waals surface area contributed by atoms with E-state index >= 15 is 0 Å². The molecule has 0 aliphatic carbocycles. The van der Waals surface area contributed by atoms with E-state index in [9.17, 15) is 0 Å². The standard InChI is InChI=1S/C76H71N3OSi/c1-73(2,3)48-27-34-63-57(41-48)58-42-49(74(4,5)6)28-35-64(58)77(63)52-31-38-67-61(45-52)62-46-53(78-65-36-29-50(75(7,8)9)43-59(65)60-44-51(76(10,11)12)30-37-66(60)78)32-39-68(62)79(67)54-33-40-70-72(47-54)81(55-21-15-13-16-22-55,56-23-17-14-18-24-56)71-26-20-19-25-69(71)80-70/h13-47H,1-12H3. The lowest BCUT2D eigenvalue weighted by atomic mass is 9.85. The lowest BCUT2D eigenvalue weighted by molar-refractivity contribution is 0.487. The number of ether oxygens (including phenoxy) is 1. The van der Waals surface area contributed by atoms with Crippen molar-refractivity contribution in [3.63, 3.8) is 0 Å². The number of rotatable bonds is 5. The van der Waals surface area contributed by atoms with E-state index in [1.807, 2.05) is 0 Å². The van der Waals surface area contributed by atoms with E-state index in [1.165, 1.54) is 97.4 Å². The number of nitrogens with zero attached hydrogens (tertiary/aromatic N) is 3. The van der Waals surface area contributed by atoms with Crippen molar-refractivity contribution in [1.29, 1.82) is 0 Å². The summed E-state index contributed by atoms with van der Waals surface area (Å²) in [5.41, 5.74) is 15.8. The average Bonchev–Trinajstić information content (AvgIpc) is 4.19. The molecule has 0 amide bonds. The highest BCUT2D eigenvalue weighted by molar-refractivity contribution is 7.20. The molecule has 4 heterocycles. The fraction of sp³-hybridized carbons (Fsp3) is 0.211. The molecule has 0 N–H and O–H groups in total. The molecule has 1 aliphatic heterocycles. The Hall–Kier alpha value is -8.38. The zero-order valence-corrected chi connectivity index (χ0v) is 50.0. The highest BCUT2D eigenvalue weighted by atomic mass is 28.3. The second-order valence-corrected chi connectivity index (χ2v) is 30.8. The first-order valence-corrected chi connectivity index (χ1v) is 31.0. The molecule has 5 heteroatoms. The van der Waals surface area contributed by atoms with Crippen LogP contribution in [0.5, 0.6) is 11.5 Å². The smallest absolute Gasteiger partial charge is 0.188 e. The largest absolute Gasteiger partial charge is 0.458 e. The van der Waals surface area contributed by atoms with Crippen LogP contribution in [0.3, 0.4) is 0 Å². The fourth-order valence-electron chi connectivity index (χ4n) is 13.4. The summed E-state index contributed by atoms with van der Waals surface area (Å²) in [4.78, 5) is 0. The van der Waals surface area contributed by atoms with Crippen LogP contribution in [-0.4, -0.2) is 21.8 Å². The van der Waals surface area contributed by atoms with Crippen LogP contribution in [0.2, 0.25) is 0 Å². The number of benzene rings is 10. The van der Waals surface area contributed by atoms with Gasteiger partial charge in [-0.1, -0.05) is 186 Å². The summed E-state index contributed by atoms with van der Waals surface area (Å²) < 4.78 is 14.5. The average molecular weight is 1070 g/mol. The number of para-hydroxylation sites is 1. The van der Waals surface area contributed by atoms with Crippen molar-refractivity contribution in [2.24, 2.45) is 0 Å². The first-order chi connectivity index (χ1) is 38.7. The molecular weight excluding hydrogens is 999 g/mol. The topological polar surface area (TPSA) is 24.0 Å². The number of fused-ring (bicyclic) bond motifs is 11. The van der Waals surface area contributed by atoms with Gasteiger partial charge in [0.2, 0.25) is 0 Å². The van der Waals surface area contributed by atoms with E-state index in [1.54, 1.807) is 0 Å². The molecule has 0 spiro atoms. The summed E-state index contributed by atoms with van der Waals surface area (Å²) >= 11 is 0. The lowest BCUT2D eigenvalue weighted by Gasteiger charge is -2.39. The molecule has 400 valence electrons. The van der Waals surface area contributed by atoms with E-state index in [2.05, 4.69) is 309 Å². The predicted molar refractivity (Wildman–Crippen MR) is 348 cm³/mol. The normalized spacial score (nSPS) is 13.9. The Morgan fingerprint density at radius 2 is 0.568 bits per heavy atom. The maximum Gasteiger partial charge on any atom is 0.188 e. The zero-order valence-electron chi connectivity index (χ0n) is 49.0. The van der Waals surface area contributed by atoms with Gasteiger partial charge in [0.25, 0.3) is 0 Å². The number of aromatic nitrogens is 3. The summed E-state index contributed by atoms with van der Waals surface area (Å²) in [7, 11) is -2.96. The van der Waals surface area contributed by atoms with Gasteiger partial charge in [0.15, 0.2) is 8.07 Å². The van der Waals surface area contributed by atoms with Crippen molar-refractivity contribution in [2.45, 2.75) is 105 Å². The Labute approximate surface area is 477 Å². The molecule has 0 saturated carbocycles. The highest BCUT2D eigenvalue weighted by Crippen LogP contribution is 2.43. The highest BCUT2D eigenvalue weighted by Gasteiger charge is 2.48. The Kier molecular flexibility index (Phi) is 11.2. The van der Waals surface area contributed by atoms with Crippen molar-refractivity contribution >= 4 is 94.2 Å². The molecule has 14 rings (SSSR count). The van der Waals surface area contributed by atoms with Crippen LogP contribution in [0.25, 0.3) is 82.5 Å². The van der Waals surface area contributed by atoms with E-state index in [0.717, 1.165) is 39.6 Å². The molecular formula is C76H71N3OSi. The molecule has 81 heavy (non-hydrogen) atoms. The van der Waals surface area contributed by atoms with Crippen LogP contribution in [0.15, 0.2) is 212 Å². The second kappa shape index (κ2) is 17.8. The summed E-state index contributed by atoms with van der Waals surface area (Å²) in [6, 6.07) is 81.1. The van der Waals surface area contributed by atoms with Crippen LogP contribution in [0.4, 0.5) is 0 Å². The Morgan fingerprint density at radius 3 is 0.938 bits per heavy atom. The van der Waals surface area contributed by atoms with Crippen molar-refractivity contribution in [3.05, 3.63) is 235 Å². The summed E-state index contributed by atoms with van der Waals surface area (Å²) in [6.45, 7) is 27.8. The molecule has 1 aliphatic rings. The van der Waals surface area contributed by atoms with Crippen molar-refractivity contribution in [3.8, 4) is 28.6 Å². The summed E-state index contributed by atoms with van der Waals surface area (Å²) in [6.07, 6.45) is 0. The molecule has 4 nitrogen and oxygen atoms in total. The molecule has 0 fully saturated rings. The molecule has 0 bridgehead atoms. The van der Waals surface area contributed by atoms with E-state index in [4.69, 9.17) is 4.74 Å². The van der Waals surface area contributed by atoms with Gasteiger partial charge in [0.1, 0.15) is 11.5 Å². The quantitative estimate of drug-likeness (QED) is 0.158. The van der Waals surface area contributed by atoms with Crippen LogP contribution in [-0.2, 0) is 21.7 Å². The van der Waals surface area contributed by atoms with Crippen LogP contribution >= 0.6 is 0 Å². The van der Waals surface area contributed by atoms with E-state index in [-0.39, 0.29) is 21.7 Å². The van der Waals surface area contributed by atoms with Gasteiger partial charge in [0.05, 0.1) is 33.1 Å². The van der Waals surface area contributed by atoms with Gasteiger partial charge >= 0.3 is 0 Å². The Balaban J connectivity index is 1.07. The molecule has 0 atom stereocenters. The molecule has 0 saturated heterocycles. The zero-order chi connectivity index (χ0) is 56.1. The maximum atomic E-state index is 7.00. The lowest BCUT2D eigenvalue weighted by Crippen LogP contribution is -2.76. The molecule has 0 radical (unpaired) electrons. The molecule has 10 aromatic carbocycles. The monoisotopic (exact) mass is 1070 g/mol. The van der Waals surface area contributed by atoms with Crippen molar-refractivity contribution < 1.29 is 4.74 Å². The van der Waals surface area contributed by atoms with Gasteiger partial charge in [-0.25, -0.2) is 0 Å². The molecule has 13 aromatic rings. The Bertz CT molecular complexity index is 4310. The minimum Gasteiger partial charge on any atom is -0.458 e. The summed E-state index contributed by atoms with van der Waals surface area (Å²) in [5.74, 6) is 1.84. The van der Waals surface area contributed by atoms with Crippen LogP contribution in [0, 0.1) is 0 Å². The van der Waals surface area contributed by atoms with Crippen molar-refractivity contribution in [1.82, 2.24) is 13.7 Å². The predicted octanol–water partition coefficient (Wildman–Crippen LogP) is 17.7. The van der Waals surface area contributed by atoms with Crippen molar-refractivity contribution in [2.75, 3.05) is 0 Å². The van der Waals surface area contributed by atoms with Crippen LogP contribution in [0.1, 0.15) is 105 Å². The Morgan fingerprint density at radius 1 is 0.272 bits per heavy atom. The molecule has 0 unspecified atom stereocenters. The minimum atomic E-state index is -2.96. The van der Waals surface area contributed by atoms with E-state index in [0.29, 0.717) is 0 Å². The SMILES string of the molecule is CC(C)(C)c1ccc2c(c1)c1cc(C(C)(C)C)ccc1n2-c1ccc2c(c1)c1cc(-n3c4ccc(C(C)(C)C)cc4c4cc(C(C)(C)C)ccc43)ccc1n2-c1ccc2c(c1)[Si](c1ccccc1)(c1ccccc1)c1ccccc1O2. The third kappa shape index (κ3) is 7.90. The first kappa shape index (κ1) is 50.8. The van der Waals surface area contributed by atoms with Gasteiger partial charge in [0, 0.05) is 49.4 Å². The minimum absolute atomic E-state index is 0.000631. The summed E-state index contributed by atoms with van der Waals surface area (Å²) in [5, 5.41) is 12.7. The van der Waals surface area contributed by atoms with Gasteiger partial charge in [-0.15, -0.1) is 0 Å². The first-order valence-electron chi connectivity index (χ1n) is 29.0. The van der Waals surface area contributed by atoms with Gasteiger partial charge in [-0.3, -0.25) is 0 Å². The third-order valence-electron chi connectivity index (χ3n) is 17.8.